The van der Waals surface area contributed by atoms with Crippen LogP contribution in [0.3, 0.4) is 0 Å². The van der Waals surface area contributed by atoms with Crippen molar-refractivity contribution in [2.75, 3.05) is 16.9 Å². The zero-order valence-corrected chi connectivity index (χ0v) is 17.4. The van der Waals surface area contributed by atoms with Gasteiger partial charge in [0.1, 0.15) is 5.69 Å². The number of benzene rings is 2. The van der Waals surface area contributed by atoms with Gasteiger partial charge in [-0.15, -0.1) is 10.2 Å². The molecule has 1 amide bonds. The summed E-state index contributed by atoms with van der Waals surface area (Å²) in [5, 5.41) is 18.9. The highest BCUT2D eigenvalue weighted by atomic mass is 32.2. The van der Waals surface area contributed by atoms with Crippen LogP contribution in [-0.4, -0.2) is 36.7 Å². The zero-order valence-electron chi connectivity index (χ0n) is 16.6. The van der Waals surface area contributed by atoms with Gasteiger partial charge in [-0.25, -0.2) is 4.68 Å². The van der Waals surface area contributed by atoms with E-state index >= 15 is 0 Å². The number of rotatable bonds is 6. The normalized spacial score (nSPS) is 10.9. The first kappa shape index (κ1) is 19.7. The average molecular weight is 420 g/mol. The van der Waals surface area contributed by atoms with E-state index in [4.69, 9.17) is 5.84 Å². The summed E-state index contributed by atoms with van der Waals surface area (Å²) in [7, 11) is 0. The van der Waals surface area contributed by atoms with Crippen molar-refractivity contribution in [1.29, 1.82) is 0 Å². The van der Waals surface area contributed by atoms with Crippen LogP contribution in [0.2, 0.25) is 0 Å². The number of amides is 1. The number of nitrogens with two attached hydrogens (primary N) is 1. The lowest BCUT2D eigenvalue weighted by molar-refractivity contribution is -0.113. The molecule has 4 aromatic rings. The van der Waals surface area contributed by atoms with E-state index < -0.39 is 0 Å². The molecular weight excluding hydrogens is 398 g/mol. The number of carbonyl (C=O) groups excluding carboxylic acids is 1. The summed E-state index contributed by atoms with van der Waals surface area (Å²) in [6.07, 6.45) is 0. The Bertz CT molecular complexity index is 1180. The maximum atomic E-state index is 12.4. The molecular formula is C21H21N7OS. The maximum Gasteiger partial charge on any atom is 0.234 e. The number of nitrogens with zero attached hydrogens (tertiary/aromatic N) is 4. The van der Waals surface area contributed by atoms with Gasteiger partial charge in [0.25, 0.3) is 0 Å². The minimum atomic E-state index is -0.133. The number of aromatic amines is 1. The van der Waals surface area contributed by atoms with E-state index in [0.717, 1.165) is 28.1 Å². The van der Waals surface area contributed by atoms with Crippen molar-refractivity contribution >= 4 is 23.4 Å². The van der Waals surface area contributed by atoms with Crippen LogP contribution in [0.1, 0.15) is 11.1 Å². The molecule has 4 N–H and O–H groups in total. The first-order valence-corrected chi connectivity index (χ1v) is 10.3. The van der Waals surface area contributed by atoms with E-state index in [1.165, 1.54) is 16.4 Å². The number of carbonyl (C=O) groups is 1. The number of thioether (sulfide) groups is 1. The maximum absolute atomic E-state index is 12.4. The minimum absolute atomic E-state index is 0.133. The molecule has 0 aliphatic carbocycles. The summed E-state index contributed by atoms with van der Waals surface area (Å²) in [6, 6.07) is 17.6. The number of hydrogen-bond donors (Lipinski definition) is 3. The van der Waals surface area contributed by atoms with Crippen molar-refractivity contribution in [2.45, 2.75) is 19.0 Å². The Morgan fingerprint density at radius 1 is 1.13 bits per heavy atom. The molecule has 0 aliphatic heterocycles. The van der Waals surface area contributed by atoms with Gasteiger partial charge in [-0.1, -0.05) is 54.2 Å². The number of hydrogen-bond acceptors (Lipinski definition) is 6. The smallest absolute Gasteiger partial charge is 0.234 e. The van der Waals surface area contributed by atoms with E-state index in [1.54, 1.807) is 0 Å². The molecule has 9 heteroatoms. The number of aryl methyl sites for hydroxylation is 2. The number of anilines is 1. The quantitative estimate of drug-likeness (QED) is 0.326. The molecule has 152 valence electrons. The van der Waals surface area contributed by atoms with Crippen LogP contribution in [0.15, 0.2) is 59.8 Å². The van der Waals surface area contributed by atoms with Gasteiger partial charge in [-0.05, 0) is 37.1 Å². The third-order valence-corrected chi connectivity index (χ3v) is 5.50. The van der Waals surface area contributed by atoms with Gasteiger partial charge in [0.2, 0.25) is 16.9 Å². The molecule has 0 saturated heterocycles. The topological polar surface area (TPSA) is 115 Å². The highest BCUT2D eigenvalue weighted by Gasteiger charge is 2.16. The molecule has 0 spiro atoms. The van der Waals surface area contributed by atoms with Crippen LogP contribution in [0.4, 0.5) is 5.69 Å². The molecule has 2 aromatic heterocycles. The molecule has 0 radical (unpaired) electrons. The summed E-state index contributed by atoms with van der Waals surface area (Å²) in [6.45, 7) is 3.94. The second kappa shape index (κ2) is 8.42. The number of H-pyrrole nitrogens is 1. The van der Waals surface area contributed by atoms with Crippen molar-refractivity contribution in [3.05, 3.63) is 65.7 Å². The van der Waals surface area contributed by atoms with Gasteiger partial charge in [-0.3, -0.25) is 9.89 Å². The van der Waals surface area contributed by atoms with E-state index in [-0.39, 0.29) is 11.7 Å². The largest absolute Gasteiger partial charge is 0.335 e. The third-order valence-electron chi connectivity index (χ3n) is 4.55. The fourth-order valence-electron chi connectivity index (χ4n) is 2.94. The molecule has 0 fully saturated rings. The Morgan fingerprint density at radius 2 is 1.93 bits per heavy atom. The van der Waals surface area contributed by atoms with Crippen molar-refractivity contribution in [3.63, 3.8) is 0 Å². The van der Waals surface area contributed by atoms with E-state index in [2.05, 4.69) is 25.7 Å². The first-order chi connectivity index (χ1) is 14.5. The lowest BCUT2D eigenvalue weighted by Crippen LogP contribution is -2.17. The van der Waals surface area contributed by atoms with E-state index in [9.17, 15) is 4.79 Å². The molecule has 0 aliphatic rings. The van der Waals surface area contributed by atoms with Crippen LogP contribution < -0.4 is 11.2 Å². The predicted molar refractivity (Wildman–Crippen MR) is 118 cm³/mol. The third kappa shape index (κ3) is 4.20. The van der Waals surface area contributed by atoms with Crippen molar-refractivity contribution in [2.24, 2.45) is 0 Å². The molecule has 0 saturated carbocycles. The second-order valence-electron chi connectivity index (χ2n) is 6.86. The summed E-state index contributed by atoms with van der Waals surface area (Å²) in [5.41, 5.74) is 5.33. The summed E-state index contributed by atoms with van der Waals surface area (Å²) in [4.78, 5) is 12.4. The Labute approximate surface area is 177 Å². The lowest BCUT2D eigenvalue weighted by atomic mass is 10.1. The molecule has 8 nitrogen and oxygen atoms in total. The number of nitrogen functional groups attached to an aromatic ring is 1. The number of nitrogens with one attached hydrogen (secondary N) is 2. The number of aromatic nitrogens is 5. The minimum Gasteiger partial charge on any atom is -0.335 e. The van der Waals surface area contributed by atoms with Gasteiger partial charge in [0.05, 0.1) is 11.4 Å². The average Bonchev–Trinajstić information content (AvgIpc) is 3.37. The van der Waals surface area contributed by atoms with Gasteiger partial charge in [0, 0.05) is 11.3 Å². The SMILES string of the molecule is Cc1ccc(C)c(NC(=O)CSc2nnc(-c3cc(-c4ccccc4)n[nH]3)n2N)c1. The first-order valence-electron chi connectivity index (χ1n) is 9.33. The van der Waals surface area contributed by atoms with Gasteiger partial charge in [-0.2, -0.15) is 5.10 Å². The standard InChI is InChI=1S/C21H21N7OS/c1-13-8-9-14(2)16(10-13)23-19(29)12-30-21-27-26-20(28(21)22)18-11-17(24-25-18)15-6-4-3-5-7-15/h3-11H,12,22H2,1-2H3,(H,23,29)(H,24,25). The van der Waals surface area contributed by atoms with Crippen molar-refractivity contribution in [1.82, 2.24) is 25.1 Å². The molecule has 0 atom stereocenters. The zero-order chi connectivity index (χ0) is 21.1. The van der Waals surface area contributed by atoms with Gasteiger partial charge >= 0.3 is 0 Å². The Hall–Kier alpha value is -3.59. The Balaban J connectivity index is 1.43. The fourth-order valence-corrected chi connectivity index (χ4v) is 3.60. The van der Waals surface area contributed by atoms with Crippen LogP contribution in [-0.2, 0) is 4.79 Å². The molecule has 30 heavy (non-hydrogen) atoms. The molecule has 2 aromatic carbocycles. The fraction of sp³-hybridized carbons (Fsp3) is 0.143. The molecule has 0 bridgehead atoms. The van der Waals surface area contributed by atoms with Crippen LogP contribution in [0.25, 0.3) is 22.8 Å². The van der Waals surface area contributed by atoms with Crippen LogP contribution in [0.5, 0.6) is 0 Å². The highest BCUT2D eigenvalue weighted by Crippen LogP contribution is 2.25. The summed E-state index contributed by atoms with van der Waals surface area (Å²) in [5.74, 6) is 6.64. The highest BCUT2D eigenvalue weighted by molar-refractivity contribution is 7.99. The molecule has 0 unspecified atom stereocenters. The van der Waals surface area contributed by atoms with E-state index in [1.807, 2.05) is 68.4 Å². The lowest BCUT2D eigenvalue weighted by Gasteiger charge is -2.09. The predicted octanol–water partition coefficient (Wildman–Crippen LogP) is 3.40. The second-order valence-corrected chi connectivity index (χ2v) is 7.81. The van der Waals surface area contributed by atoms with Crippen LogP contribution in [0, 0.1) is 13.8 Å². The summed E-state index contributed by atoms with van der Waals surface area (Å²) < 4.78 is 1.36. The summed E-state index contributed by atoms with van der Waals surface area (Å²) >= 11 is 1.22. The Kier molecular flexibility index (Phi) is 5.53. The monoisotopic (exact) mass is 419 g/mol. The molecule has 2 heterocycles. The van der Waals surface area contributed by atoms with E-state index in [0.29, 0.717) is 16.7 Å². The van der Waals surface area contributed by atoms with Crippen molar-refractivity contribution < 1.29 is 4.79 Å². The van der Waals surface area contributed by atoms with Crippen LogP contribution >= 0.6 is 11.8 Å². The van der Waals surface area contributed by atoms with Gasteiger partial charge < -0.3 is 11.2 Å². The Morgan fingerprint density at radius 3 is 2.73 bits per heavy atom. The van der Waals surface area contributed by atoms with Gasteiger partial charge in [0.15, 0.2) is 0 Å². The molecule has 4 rings (SSSR count). The van der Waals surface area contributed by atoms with Crippen molar-refractivity contribution in [3.8, 4) is 22.8 Å².